The molecule has 5 heteroatoms. The number of ether oxygens (including phenoxy) is 1. The van der Waals surface area contributed by atoms with Gasteiger partial charge in [-0.1, -0.05) is 48.5 Å². The highest BCUT2D eigenvalue weighted by Crippen LogP contribution is 2.21. The molecule has 0 spiro atoms. The summed E-state index contributed by atoms with van der Waals surface area (Å²) in [6.45, 7) is 4.22. The Morgan fingerprint density at radius 1 is 0.862 bits per heavy atom. The van der Waals surface area contributed by atoms with Gasteiger partial charge in [0, 0.05) is 12.2 Å². The Morgan fingerprint density at radius 3 is 2.24 bits per heavy atom. The SMILES string of the molecule is Cc1cc(C)cc(NC(=O)c2ccccc2OCC(=O)NCc2ccccc2)c1. The molecule has 2 amide bonds. The molecule has 3 aromatic carbocycles. The lowest BCUT2D eigenvalue weighted by Crippen LogP contribution is -2.28. The van der Waals surface area contributed by atoms with Crippen LogP contribution in [0.5, 0.6) is 5.75 Å². The summed E-state index contributed by atoms with van der Waals surface area (Å²) in [6.07, 6.45) is 0. The summed E-state index contributed by atoms with van der Waals surface area (Å²) in [7, 11) is 0. The number of hydrogen-bond donors (Lipinski definition) is 2. The van der Waals surface area contributed by atoms with Gasteiger partial charge < -0.3 is 15.4 Å². The second-order valence-electron chi connectivity index (χ2n) is 6.88. The third-order valence-electron chi connectivity index (χ3n) is 4.30. The molecule has 29 heavy (non-hydrogen) atoms. The first-order valence-corrected chi connectivity index (χ1v) is 9.43. The summed E-state index contributed by atoms with van der Waals surface area (Å²) in [5.41, 5.74) is 4.25. The van der Waals surface area contributed by atoms with E-state index < -0.39 is 0 Å². The maximum atomic E-state index is 12.7. The van der Waals surface area contributed by atoms with Crippen molar-refractivity contribution in [1.29, 1.82) is 0 Å². The van der Waals surface area contributed by atoms with Gasteiger partial charge in [0.15, 0.2) is 6.61 Å². The molecule has 0 aliphatic rings. The van der Waals surface area contributed by atoms with Crippen molar-refractivity contribution in [3.8, 4) is 5.75 Å². The predicted octanol–water partition coefficient (Wildman–Crippen LogP) is 4.25. The summed E-state index contributed by atoms with van der Waals surface area (Å²) in [5, 5.41) is 5.70. The van der Waals surface area contributed by atoms with Gasteiger partial charge in [-0.3, -0.25) is 9.59 Å². The molecule has 0 atom stereocenters. The number of amides is 2. The van der Waals surface area contributed by atoms with Crippen molar-refractivity contribution >= 4 is 17.5 Å². The molecule has 0 radical (unpaired) electrons. The van der Waals surface area contributed by atoms with Crippen LogP contribution in [-0.2, 0) is 11.3 Å². The highest BCUT2D eigenvalue weighted by atomic mass is 16.5. The minimum Gasteiger partial charge on any atom is -0.483 e. The normalized spacial score (nSPS) is 10.3. The molecule has 2 N–H and O–H groups in total. The van der Waals surface area contributed by atoms with Crippen molar-refractivity contribution in [2.45, 2.75) is 20.4 Å². The van der Waals surface area contributed by atoms with Crippen molar-refractivity contribution in [3.63, 3.8) is 0 Å². The number of aryl methyl sites for hydroxylation is 2. The first-order chi connectivity index (χ1) is 14.0. The molecule has 0 saturated heterocycles. The number of anilines is 1. The van der Waals surface area contributed by atoms with Crippen LogP contribution >= 0.6 is 0 Å². The van der Waals surface area contributed by atoms with Gasteiger partial charge in [-0.05, 0) is 54.8 Å². The Morgan fingerprint density at radius 2 is 1.52 bits per heavy atom. The summed E-state index contributed by atoms with van der Waals surface area (Å²) < 4.78 is 5.62. The zero-order valence-corrected chi connectivity index (χ0v) is 16.6. The van der Waals surface area contributed by atoms with E-state index in [2.05, 4.69) is 10.6 Å². The highest BCUT2D eigenvalue weighted by Gasteiger charge is 2.14. The van der Waals surface area contributed by atoms with Crippen LogP contribution in [0.1, 0.15) is 27.0 Å². The largest absolute Gasteiger partial charge is 0.483 e. The Balaban J connectivity index is 1.60. The van der Waals surface area contributed by atoms with Crippen molar-refractivity contribution < 1.29 is 14.3 Å². The van der Waals surface area contributed by atoms with Crippen LogP contribution in [0.3, 0.4) is 0 Å². The fraction of sp³-hybridized carbons (Fsp3) is 0.167. The van der Waals surface area contributed by atoms with Gasteiger partial charge >= 0.3 is 0 Å². The lowest BCUT2D eigenvalue weighted by Gasteiger charge is -2.12. The van der Waals surface area contributed by atoms with Gasteiger partial charge in [-0.15, -0.1) is 0 Å². The summed E-state index contributed by atoms with van der Waals surface area (Å²) >= 11 is 0. The van der Waals surface area contributed by atoms with Gasteiger partial charge in [0.05, 0.1) is 5.56 Å². The first-order valence-electron chi connectivity index (χ1n) is 9.43. The van der Waals surface area contributed by atoms with Crippen LogP contribution in [0.4, 0.5) is 5.69 Å². The maximum Gasteiger partial charge on any atom is 0.259 e. The number of carbonyl (C=O) groups excluding carboxylic acids is 2. The zero-order chi connectivity index (χ0) is 20.6. The molecule has 5 nitrogen and oxygen atoms in total. The molecule has 0 fully saturated rings. The van der Waals surface area contributed by atoms with Gasteiger partial charge in [0.2, 0.25) is 0 Å². The lowest BCUT2D eigenvalue weighted by atomic mass is 10.1. The Labute approximate surface area is 170 Å². The minimum atomic E-state index is -0.282. The number of hydrogen-bond acceptors (Lipinski definition) is 3. The van der Waals surface area contributed by atoms with Crippen LogP contribution < -0.4 is 15.4 Å². The zero-order valence-electron chi connectivity index (χ0n) is 16.6. The number of carbonyl (C=O) groups is 2. The van der Waals surface area contributed by atoms with Crippen LogP contribution in [-0.4, -0.2) is 18.4 Å². The topological polar surface area (TPSA) is 67.4 Å². The fourth-order valence-corrected chi connectivity index (χ4v) is 3.02. The predicted molar refractivity (Wildman–Crippen MR) is 114 cm³/mol. The van der Waals surface area contributed by atoms with Crippen molar-refractivity contribution in [2.75, 3.05) is 11.9 Å². The monoisotopic (exact) mass is 388 g/mol. The van der Waals surface area contributed by atoms with Crippen LogP contribution in [0.15, 0.2) is 72.8 Å². The molecule has 0 saturated carbocycles. The lowest BCUT2D eigenvalue weighted by molar-refractivity contribution is -0.123. The quantitative estimate of drug-likeness (QED) is 0.636. The Kier molecular flexibility index (Phi) is 6.63. The molecule has 0 unspecified atom stereocenters. The van der Waals surface area contributed by atoms with Gasteiger partial charge in [0.25, 0.3) is 11.8 Å². The van der Waals surface area contributed by atoms with Gasteiger partial charge in [-0.2, -0.15) is 0 Å². The second kappa shape index (κ2) is 9.55. The molecule has 0 aliphatic carbocycles. The van der Waals surface area contributed by atoms with E-state index in [1.807, 2.05) is 62.4 Å². The molecule has 3 aromatic rings. The summed E-state index contributed by atoms with van der Waals surface area (Å²) in [5.74, 6) is -0.169. The third kappa shape index (κ3) is 5.94. The number of para-hydroxylation sites is 1. The third-order valence-corrected chi connectivity index (χ3v) is 4.30. The van der Waals surface area contributed by atoms with E-state index in [4.69, 9.17) is 4.74 Å². The fourth-order valence-electron chi connectivity index (χ4n) is 3.02. The van der Waals surface area contributed by atoms with Crippen LogP contribution in [0.25, 0.3) is 0 Å². The number of nitrogens with one attached hydrogen (secondary N) is 2. The van der Waals surface area contributed by atoms with E-state index in [9.17, 15) is 9.59 Å². The molecular formula is C24H24N2O3. The van der Waals surface area contributed by atoms with Crippen LogP contribution in [0.2, 0.25) is 0 Å². The minimum absolute atomic E-state index is 0.166. The van der Waals surface area contributed by atoms with Gasteiger partial charge in [-0.25, -0.2) is 0 Å². The van der Waals surface area contributed by atoms with E-state index in [1.165, 1.54) is 0 Å². The molecule has 0 aliphatic heterocycles. The van der Waals surface area contributed by atoms with E-state index >= 15 is 0 Å². The van der Waals surface area contributed by atoms with Crippen molar-refractivity contribution in [3.05, 3.63) is 95.1 Å². The van der Waals surface area contributed by atoms with E-state index in [0.717, 1.165) is 22.4 Å². The van der Waals surface area contributed by atoms with E-state index in [-0.39, 0.29) is 18.4 Å². The number of rotatable bonds is 7. The van der Waals surface area contributed by atoms with Crippen molar-refractivity contribution in [1.82, 2.24) is 5.32 Å². The smallest absolute Gasteiger partial charge is 0.259 e. The summed E-state index contributed by atoms with van der Waals surface area (Å²) in [4.78, 5) is 24.8. The summed E-state index contributed by atoms with van der Waals surface area (Å²) in [6, 6.07) is 22.4. The van der Waals surface area contributed by atoms with Crippen LogP contribution in [0, 0.1) is 13.8 Å². The van der Waals surface area contributed by atoms with Crippen molar-refractivity contribution in [2.24, 2.45) is 0 Å². The first kappa shape index (κ1) is 20.1. The second-order valence-corrected chi connectivity index (χ2v) is 6.88. The molecule has 0 aromatic heterocycles. The Hall–Kier alpha value is -3.60. The molecule has 0 bridgehead atoms. The molecular weight excluding hydrogens is 364 g/mol. The van der Waals surface area contributed by atoms with E-state index in [1.54, 1.807) is 24.3 Å². The molecule has 148 valence electrons. The standard InChI is InChI=1S/C24H24N2O3/c1-17-12-18(2)14-20(13-17)26-24(28)21-10-6-7-11-22(21)29-16-23(27)25-15-19-8-4-3-5-9-19/h3-14H,15-16H2,1-2H3,(H,25,27)(H,26,28). The Bertz CT molecular complexity index is 980. The number of benzene rings is 3. The maximum absolute atomic E-state index is 12.7. The molecule has 0 heterocycles. The van der Waals surface area contributed by atoms with E-state index in [0.29, 0.717) is 17.9 Å². The highest BCUT2D eigenvalue weighted by molar-refractivity contribution is 6.06. The molecule has 3 rings (SSSR count). The average Bonchev–Trinajstić information content (AvgIpc) is 2.71. The van der Waals surface area contributed by atoms with Gasteiger partial charge in [0.1, 0.15) is 5.75 Å². The average molecular weight is 388 g/mol.